The number of halogens is 5. The van der Waals surface area contributed by atoms with Gasteiger partial charge >= 0.3 is 6.18 Å². The highest BCUT2D eigenvalue weighted by Crippen LogP contribution is 2.37. The van der Waals surface area contributed by atoms with Crippen LogP contribution in [-0.2, 0) is 0 Å². The minimum atomic E-state index is -4.81. The molecular formula is C13H8Br2F3NO2S. The maximum atomic E-state index is 12.7. The third kappa shape index (κ3) is 3.89. The Labute approximate surface area is 144 Å². The van der Waals surface area contributed by atoms with E-state index in [2.05, 4.69) is 37.2 Å². The zero-order chi connectivity index (χ0) is 16.5. The second-order valence-corrected chi connectivity index (χ2v) is 7.97. The van der Waals surface area contributed by atoms with Crippen molar-refractivity contribution in [2.75, 3.05) is 5.32 Å². The summed E-state index contributed by atoms with van der Waals surface area (Å²) in [5.41, 5.74) is -0.214. The molecule has 1 amide bonds. The zero-order valence-electron chi connectivity index (χ0n) is 10.6. The van der Waals surface area contributed by atoms with E-state index in [-0.39, 0.29) is 11.3 Å². The van der Waals surface area contributed by atoms with Crippen molar-refractivity contribution in [1.82, 2.24) is 0 Å². The number of aliphatic hydroxyl groups is 1. The number of rotatable bonds is 3. The number of hydrogen-bond acceptors (Lipinski definition) is 3. The van der Waals surface area contributed by atoms with E-state index in [0.29, 0.717) is 7.57 Å². The number of aliphatic hydroxyl groups excluding tert-OH is 1. The monoisotopic (exact) mass is 457 g/mol. The molecule has 0 saturated carbocycles. The number of alkyl halides is 3. The molecule has 1 atom stereocenters. The van der Waals surface area contributed by atoms with Gasteiger partial charge in [-0.15, -0.1) is 11.3 Å². The van der Waals surface area contributed by atoms with Crippen molar-refractivity contribution in [3.8, 4) is 0 Å². The fourth-order valence-corrected chi connectivity index (χ4v) is 4.50. The minimum absolute atomic E-state index is 0.0912. The van der Waals surface area contributed by atoms with E-state index >= 15 is 0 Å². The third-order valence-electron chi connectivity index (χ3n) is 2.71. The van der Waals surface area contributed by atoms with Gasteiger partial charge in [0.2, 0.25) is 0 Å². The highest BCUT2D eigenvalue weighted by atomic mass is 79.9. The molecule has 1 aromatic heterocycles. The van der Waals surface area contributed by atoms with Gasteiger partial charge < -0.3 is 10.4 Å². The van der Waals surface area contributed by atoms with Crippen LogP contribution in [-0.4, -0.2) is 17.2 Å². The number of carbonyl (C=O) groups excluding carboxylic acids is 1. The fourth-order valence-electron chi connectivity index (χ4n) is 1.71. The molecule has 118 valence electrons. The number of anilines is 1. The summed E-state index contributed by atoms with van der Waals surface area (Å²) in [6.45, 7) is 0. The molecule has 2 aromatic rings. The largest absolute Gasteiger partial charge is 0.418 e. The second kappa shape index (κ2) is 6.69. The number of para-hydroxylation sites is 1. The van der Waals surface area contributed by atoms with Crippen molar-refractivity contribution in [3.63, 3.8) is 0 Å². The predicted octanol–water partition coefficient (Wildman–Crippen LogP) is 5.12. The van der Waals surface area contributed by atoms with Crippen LogP contribution in [0.2, 0.25) is 0 Å². The van der Waals surface area contributed by atoms with Gasteiger partial charge in [-0.1, -0.05) is 18.2 Å². The van der Waals surface area contributed by atoms with Crippen LogP contribution in [0.15, 0.2) is 37.9 Å². The van der Waals surface area contributed by atoms with Gasteiger partial charge in [-0.2, -0.15) is 13.2 Å². The first kappa shape index (κ1) is 17.5. The van der Waals surface area contributed by atoms with Crippen LogP contribution in [0.4, 0.5) is 18.9 Å². The van der Waals surface area contributed by atoms with Crippen LogP contribution in [0, 0.1) is 0 Å². The summed E-state index contributed by atoms with van der Waals surface area (Å²) in [6, 6.07) is 6.80. The molecule has 0 bridgehead atoms. The van der Waals surface area contributed by atoms with E-state index < -0.39 is 23.8 Å². The van der Waals surface area contributed by atoms with Gasteiger partial charge in [0, 0.05) is 11.3 Å². The molecule has 0 radical (unpaired) electrons. The molecule has 2 N–H and O–H groups in total. The molecule has 2 rings (SSSR count). The number of thiophene rings is 1. The number of carbonyl (C=O) groups is 1. The first-order valence-electron chi connectivity index (χ1n) is 5.80. The molecule has 3 nitrogen and oxygen atoms in total. The molecular weight excluding hydrogens is 451 g/mol. The molecule has 0 fully saturated rings. The normalized spacial score (nSPS) is 13.0. The lowest BCUT2D eigenvalue weighted by atomic mass is 10.1. The molecule has 0 aliphatic heterocycles. The van der Waals surface area contributed by atoms with E-state index in [9.17, 15) is 23.1 Å². The van der Waals surface area contributed by atoms with Gasteiger partial charge in [-0.3, -0.25) is 4.79 Å². The van der Waals surface area contributed by atoms with Crippen molar-refractivity contribution < 1.29 is 23.1 Å². The molecule has 0 aliphatic carbocycles. The SMILES string of the molecule is O=C(Nc1ccccc1C(O)C(F)(F)F)c1cc(Br)sc1Br. The lowest BCUT2D eigenvalue weighted by Crippen LogP contribution is -2.22. The number of benzene rings is 1. The van der Waals surface area contributed by atoms with E-state index in [1.54, 1.807) is 6.07 Å². The molecule has 1 unspecified atom stereocenters. The molecule has 0 saturated heterocycles. The van der Waals surface area contributed by atoms with Crippen LogP contribution >= 0.6 is 43.2 Å². The maximum absolute atomic E-state index is 12.7. The zero-order valence-corrected chi connectivity index (χ0v) is 14.6. The highest BCUT2D eigenvalue weighted by molar-refractivity contribution is 9.12. The van der Waals surface area contributed by atoms with E-state index in [0.717, 1.165) is 6.07 Å². The average Bonchev–Trinajstić information content (AvgIpc) is 2.76. The van der Waals surface area contributed by atoms with Gasteiger partial charge in [0.15, 0.2) is 6.10 Å². The third-order valence-corrected chi connectivity index (χ3v) is 5.05. The van der Waals surface area contributed by atoms with Crippen molar-refractivity contribution in [1.29, 1.82) is 0 Å². The Kier molecular flexibility index (Phi) is 5.31. The summed E-state index contributed by atoms with van der Waals surface area (Å²) in [6.07, 6.45) is -7.48. The summed E-state index contributed by atoms with van der Waals surface area (Å²) in [7, 11) is 0. The Balaban J connectivity index is 2.31. The number of hydrogen-bond donors (Lipinski definition) is 2. The summed E-state index contributed by atoms with van der Waals surface area (Å²) in [4.78, 5) is 12.2. The van der Waals surface area contributed by atoms with Crippen LogP contribution in [0.25, 0.3) is 0 Å². The van der Waals surface area contributed by atoms with Gasteiger partial charge in [0.05, 0.1) is 13.1 Å². The number of nitrogens with one attached hydrogen (secondary N) is 1. The summed E-state index contributed by atoms with van der Waals surface area (Å²) in [5.74, 6) is -0.573. The first-order valence-corrected chi connectivity index (χ1v) is 8.20. The Morgan fingerprint density at radius 3 is 2.45 bits per heavy atom. The van der Waals surface area contributed by atoms with E-state index in [1.165, 1.54) is 29.5 Å². The van der Waals surface area contributed by atoms with Crippen molar-refractivity contribution in [3.05, 3.63) is 49.0 Å². The van der Waals surface area contributed by atoms with Crippen LogP contribution < -0.4 is 5.32 Å². The lowest BCUT2D eigenvalue weighted by molar-refractivity contribution is -0.206. The minimum Gasteiger partial charge on any atom is -0.379 e. The molecule has 9 heteroatoms. The molecule has 1 heterocycles. The quantitative estimate of drug-likeness (QED) is 0.670. The smallest absolute Gasteiger partial charge is 0.379 e. The summed E-state index contributed by atoms with van der Waals surface area (Å²) >= 11 is 7.69. The molecule has 22 heavy (non-hydrogen) atoms. The Hall–Kier alpha value is -0.900. The fraction of sp³-hybridized carbons (Fsp3) is 0.154. The van der Waals surface area contributed by atoms with Crippen molar-refractivity contribution >= 4 is 54.8 Å². The van der Waals surface area contributed by atoms with Gasteiger partial charge in [0.1, 0.15) is 0 Å². The number of amides is 1. The summed E-state index contributed by atoms with van der Waals surface area (Å²) < 4.78 is 39.3. The Morgan fingerprint density at radius 2 is 1.91 bits per heavy atom. The lowest BCUT2D eigenvalue weighted by Gasteiger charge is -2.18. The topological polar surface area (TPSA) is 49.3 Å². The Morgan fingerprint density at radius 1 is 1.27 bits per heavy atom. The van der Waals surface area contributed by atoms with Crippen molar-refractivity contribution in [2.24, 2.45) is 0 Å². The summed E-state index contributed by atoms with van der Waals surface area (Å²) in [5, 5.41) is 11.8. The van der Waals surface area contributed by atoms with Gasteiger partial charge in [-0.25, -0.2) is 0 Å². The predicted molar refractivity (Wildman–Crippen MR) is 85.1 cm³/mol. The second-order valence-electron chi connectivity index (χ2n) is 4.22. The Bertz CT molecular complexity index is 703. The van der Waals surface area contributed by atoms with Crippen LogP contribution in [0.3, 0.4) is 0 Å². The first-order chi connectivity index (χ1) is 10.2. The van der Waals surface area contributed by atoms with Crippen LogP contribution in [0.1, 0.15) is 22.0 Å². The molecule has 0 spiro atoms. The molecule has 1 aromatic carbocycles. The van der Waals surface area contributed by atoms with Gasteiger partial charge in [0.25, 0.3) is 5.91 Å². The average molecular weight is 459 g/mol. The molecule has 0 aliphatic rings. The maximum Gasteiger partial charge on any atom is 0.418 e. The highest BCUT2D eigenvalue weighted by Gasteiger charge is 2.40. The van der Waals surface area contributed by atoms with E-state index in [1.807, 2.05) is 0 Å². The van der Waals surface area contributed by atoms with Crippen molar-refractivity contribution in [2.45, 2.75) is 12.3 Å². The standard InChI is InChI=1S/C13H8Br2F3NO2S/c14-9-5-7(11(15)22-9)12(21)19-8-4-2-1-3-6(8)10(20)13(16,17)18/h1-5,10,20H,(H,19,21). The van der Waals surface area contributed by atoms with E-state index in [4.69, 9.17) is 0 Å². The van der Waals surface area contributed by atoms with Crippen LogP contribution in [0.5, 0.6) is 0 Å². The van der Waals surface area contributed by atoms with Gasteiger partial charge in [-0.05, 0) is 44.0 Å².